The number of hydrogen-bond donors (Lipinski definition) is 2. The van der Waals surface area contributed by atoms with E-state index in [0.717, 1.165) is 45.0 Å². The summed E-state index contributed by atoms with van der Waals surface area (Å²) in [5.74, 6) is 1.92. The number of nitrogens with one attached hydrogen (secondary N) is 2. The fourth-order valence-electron chi connectivity index (χ4n) is 3.35. The highest BCUT2D eigenvalue weighted by atomic mass is 16.5. The van der Waals surface area contributed by atoms with Crippen molar-refractivity contribution in [3.63, 3.8) is 0 Å². The van der Waals surface area contributed by atoms with Crippen molar-refractivity contribution in [1.82, 2.24) is 30.7 Å². The molecule has 0 spiro atoms. The number of piperidine rings is 1. The molecule has 0 amide bonds. The fourth-order valence-corrected chi connectivity index (χ4v) is 3.35. The van der Waals surface area contributed by atoms with Gasteiger partial charge in [0.05, 0.1) is 0 Å². The largest absolute Gasteiger partial charge is 0.357 e. The van der Waals surface area contributed by atoms with E-state index in [1.807, 2.05) is 18.2 Å². The van der Waals surface area contributed by atoms with E-state index in [-0.39, 0.29) is 0 Å². The zero-order chi connectivity index (χ0) is 20.5. The Bertz CT molecular complexity index is 794. The lowest BCUT2D eigenvalue weighted by molar-refractivity contribution is 0.221. The molecule has 1 fully saturated rings. The van der Waals surface area contributed by atoms with Gasteiger partial charge in [0, 0.05) is 51.4 Å². The molecule has 8 nitrogen and oxygen atoms in total. The Morgan fingerprint density at radius 3 is 2.86 bits per heavy atom. The number of aliphatic imine (C=N–C) groups is 1. The van der Waals surface area contributed by atoms with Gasteiger partial charge in [-0.2, -0.15) is 4.98 Å². The Morgan fingerprint density at radius 1 is 1.34 bits per heavy atom. The Kier molecular flexibility index (Phi) is 7.75. The summed E-state index contributed by atoms with van der Waals surface area (Å²) in [4.78, 5) is 15.8. The predicted molar refractivity (Wildman–Crippen MR) is 115 cm³/mol. The van der Waals surface area contributed by atoms with Crippen molar-refractivity contribution in [2.45, 2.75) is 39.2 Å². The fraction of sp³-hybridized carbons (Fsp3) is 0.524. The van der Waals surface area contributed by atoms with Crippen LogP contribution in [-0.2, 0) is 6.42 Å². The summed E-state index contributed by atoms with van der Waals surface area (Å²) in [5.41, 5.74) is 1.90. The minimum absolute atomic E-state index is 0.440. The van der Waals surface area contributed by atoms with Crippen molar-refractivity contribution >= 4 is 5.96 Å². The van der Waals surface area contributed by atoms with Crippen LogP contribution < -0.4 is 10.6 Å². The average molecular weight is 398 g/mol. The molecule has 1 aliphatic heterocycles. The molecular formula is C21H31N7O. The lowest BCUT2D eigenvalue weighted by Gasteiger charge is -2.33. The number of pyridine rings is 1. The highest BCUT2D eigenvalue weighted by Crippen LogP contribution is 2.13. The van der Waals surface area contributed by atoms with Gasteiger partial charge >= 0.3 is 0 Å². The Labute approximate surface area is 172 Å². The van der Waals surface area contributed by atoms with E-state index in [4.69, 9.17) is 4.52 Å². The van der Waals surface area contributed by atoms with Crippen LogP contribution in [-0.4, -0.2) is 64.7 Å². The molecule has 0 bridgehead atoms. The minimum atomic E-state index is 0.440. The van der Waals surface area contributed by atoms with Crippen molar-refractivity contribution in [2.24, 2.45) is 4.99 Å². The van der Waals surface area contributed by atoms with E-state index < -0.39 is 0 Å². The smallest absolute Gasteiger partial charge is 0.276 e. The van der Waals surface area contributed by atoms with Gasteiger partial charge in [-0.05, 0) is 38.8 Å². The van der Waals surface area contributed by atoms with Crippen LogP contribution in [0.5, 0.6) is 0 Å². The summed E-state index contributed by atoms with van der Waals surface area (Å²) in [6.07, 6.45) is 4.54. The SMILES string of the molecule is C=C(C)CN1CCC(NC(=NCCc2noc(-c3ccccn3)n2)NCC)CC1. The summed E-state index contributed by atoms with van der Waals surface area (Å²) in [5, 5.41) is 10.9. The van der Waals surface area contributed by atoms with Gasteiger partial charge in [-0.3, -0.25) is 14.9 Å². The minimum Gasteiger partial charge on any atom is -0.357 e. The topological polar surface area (TPSA) is 91.5 Å². The van der Waals surface area contributed by atoms with Gasteiger partial charge < -0.3 is 15.2 Å². The number of guanidine groups is 1. The number of hydrogen-bond acceptors (Lipinski definition) is 6. The third-order valence-electron chi connectivity index (χ3n) is 4.72. The van der Waals surface area contributed by atoms with Gasteiger partial charge in [-0.15, -0.1) is 0 Å². The molecule has 0 unspecified atom stereocenters. The van der Waals surface area contributed by atoms with Gasteiger partial charge in [-0.25, -0.2) is 0 Å². The third-order valence-corrected chi connectivity index (χ3v) is 4.72. The molecule has 0 saturated carbocycles. The first-order valence-corrected chi connectivity index (χ1v) is 10.3. The lowest BCUT2D eigenvalue weighted by atomic mass is 10.0. The highest BCUT2D eigenvalue weighted by Gasteiger charge is 2.19. The van der Waals surface area contributed by atoms with Gasteiger partial charge in [0.25, 0.3) is 5.89 Å². The molecule has 3 rings (SSSR count). The maximum atomic E-state index is 5.30. The average Bonchev–Trinajstić information content (AvgIpc) is 3.19. The van der Waals surface area contributed by atoms with E-state index in [2.05, 4.69) is 56.1 Å². The molecule has 0 radical (unpaired) electrons. The molecule has 156 valence electrons. The standard InChI is InChI=1S/C21H31N7O/c1-4-22-21(25-17-9-13-28(14-10-17)15-16(2)3)24-12-8-19-26-20(29-27-19)18-7-5-6-11-23-18/h5-7,11,17H,2,4,8-10,12-15H2,1,3H3,(H2,22,24,25). The van der Waals surface area contributed by atoms with Crippen LogP contribution in [0.15, 0.2) is 46.1 Å². The van der Waals surface area contributed by atoms with Gasteiger partial charge in [0.2, 0.25) is 0 Å². The van der Waals surface area contributed by atoms with E-state index in [1.165, 1.54) is 5.57 Å². The second-order valence-electron chi connectivity index (χ2n) is 7.39. The number of likely N-dealkylation sites (tertiary alicyclic amines) is 1. The predicted octanol–water partition coefficient (Wildman–Crippen LogP) is 2.27. The van der Waals surface area contributed by atoms with Crippen LogP contribution in [0, 0.1) is 0 Å². The lowest BCUT2D eigenvalue weighted by Crippen LogP contribution is -2.49. The molecule has 0 aliphatic carbocycles. The molecule has 0 atom stereocenters. The van der Waals surface area contributed by atoms with Gasteiger partial charge in [-0.1, -0.05) is 23.4 Å². The quantitative estimate of drug-likeness (QED) is 0.401. The number of aromatic nitrogens is 3. The Morgan fingerprint density at radius 2 is 2.17 bits per heavy atom. The Hall–Kier alpha value is -2.74. The zero-order valence-electron chi connectivity index (χ0n) is 17.4. The molecule has 2 aromatic rings. The van der Waals surface area contributed by atoms with Gasteiger partial charge in [0.15, 0.2) is 11.8 Å². The molecule has 0 aromatic carbocycles. The Balaban J connectivity index is 1.48. The van der Waals surface area contributed by atoms with Crippen LogP contribution in [0.4, 0.5) is 0 Å². The molecule has 1 aliphatic rings. The monoisotopic (exact) mass is 397 g/mol. The van der Waals surface area contributed by atoms with Crippen molar-refractivity contribution in [2.75, 3.05) is 32.7 Å². The van der Waals surface area contributed by atoms with Crippen molar-refractivity contribution in [1.29, 1.82) is 0 Å². The summed E-state index contributed by atoms with van der Waals surface area (Å²) in [7, 11) is 0. The number of rotatable bonds is 8. The molecule has 2 aromatic heterocycles. The second-order valence-corrected chi connectivity index (χ2v) is 7.39. The normalized spacial score (nSPS) is 16.0. The maximum Gasteiger partial charge on any atom is 0.276 e. The number of nitrogens with zero attached hydrogens (tertiary/aromatic N) is 5. The van der Waals surface area contributed by atoms with E-state index in [1.54, 1.807) is 6.20 Å². The first-order chi connectivity index (χ1) is 14.1. The third kappa shape index (κ3) is 6.67. The van der Waals surface area contributed by atoms with Crippen LogP contribution >= 0.6 is 0 Å². The molecular weight excluding hydrogens is 366 g/mol. The first-order valence-electron chi connectivity index (χ1n) is 10.3. The van der Waals surface area contributed by atoms with Crippen molar-refractivity contribution in [3.8, 4) is 11.6 Å². The molecule has 8 heteroatoms. The highest BCUT2D eigenvalue weighted by molar-refractivity contribution is 5.80. The van der Waals surface area contributed by atoms with Crippen molar-refractivity contribution < 1.29 is 4.52 Å². The molecule has 3 heterocycles. The van der Waals surface area contributed by atoms with Crippen LogP contribution in [0.2, 0.25) is 0 Å². The van der Waals surface area contributed by atoms with E-state index in [9.17, 15) is 0 Å². The summed E-state index contributed by atoms with van der Waals surface area (Å²) >= 11 is 0. The molecule has 1 saturated heterocycles. The van der Waals surface area contributed by atoms with Crippen LogP contribution in [0.25, 0.3) is 11.6 Å². The summed E-state index contributed by atoms with van der Waals surface area (Å²) in [6, 6.07) is 6.04. The summed E-state index contributed by atoms with van der Waals surface area (Å²) < 4.78 is 5.30. The van der Waals surface area contributed by atoms with Crippen LogP contribution in [0.3, 0.4) is 0 Å². The van der Waals surface area contributed by atoms with E-state index >= 15 is 0 Å². The summed E-state index contributed by atoms with van der Waals surface area (Å²) in [6.45, 7) is 12.8. The zero-order valence-corrected chi connectivity index (χ0v) is 17.4. The van der Waals surface area contributed by atoms with E-state index in [0.29, 0.717) is 36.4 Å². The first kappa shape index (κ1) is 21.0. The molecule has 2 N–H and O–H groups in total. The maximum absolute atomic E-state index is 5.30. The van der Waals surface area contributed by atoms with Crippen LogP contribution in [0.1, 0.15) is 32.5 Å². The molecule has 29 heavy (non-hydrogen) atoms. The second kappa shape index (κ2) is 10.7. The van der Waals surface area contributed by atoms with Gasteiger partial charge in [0.1, 0.15) is 5.69 Å². The van der Waals surface area contributed by atoms with Crippen molar-refractivity contribution in [3.05, 3.63) is 42.4 Å².